The summed E-state index contributed by atoms with van der Waals surface area (Å²) in [6.07, 6.45) is -3.15. The van der Waals surface area contributed by atoms with Crippen LogP contribution in [-0.4, -0.2) is 61.0 Å². The van der Waals surface area contributed by atoms with E-state index in [-0.39, 0.29) is 42.6 Å². The minimum atomic E-state index is -4.77. The van der Waals surface area contributed by atoms with Crippen molar-refractivity contribution in [3.63, 3.8) is 0 Å². The number of rotatable bonds is 7. The predicted molar refractivity (Wildman–Crippen MR) is 115 cm³/mol. The lowest BCUT2D eigenvalue weighted by Gasteiger charge is -2.34. The van der Waals surface area contributed by atoms with Gasteiger partial charge in [-0.05, 0) is 36.5 Å². The zero-order valence-electron chi connectivity index (χ0n) is 18.9. The zero-order chi connectivity index (χ0) is 24.6. The molecule has 3 rings (SSSR count). The lowest BCUT2D eigenvalue weighted by molar-refractivity contribution is -0.138. The SMILES string of the molecule is CC(C)(C)CN(C1CC1)[C@H](C(N)=O)C(=O)Nc1ccc(N2CCOCC2=O)c(C(F)(F)F)c1. The summed E-state index contributed by atoms with van der Waals surface area (Å²) in [7, 11) is 0. The molecule has 1 saturated heterocycles. The molecule has 2 fully saturated rings. The summed E-state index contributed by atoms with van der Waals surface area (Å²) in [5.74, 6) is -2.24. The molecule has 3 amide bonds. The maximum atomic E-state index is 13.8. The average molecular weight is 470 g/mol. The largest absolute Gasteiger partial charge is 0.418 e. The molecule has 1 heterocycles. The Morgan fingerprint density at radius 2 is 1.94 bits per heavy atom. The van der Waals surface area contributed by atoms with E-state index in [4.69, 9.17) is 10.5 Å². The van der Waals surface area contributed by atoms with Crippen LogP contribution in [0.15, 0.2) is 18.2 Å². The van der Waals surface area contributed by atoms with Gasteiger partial charge in [0.1, 0.15) is 6.61 Å². The molecule has 1 aromatic carbocycles. The van der Waals surface area contributed by atoms with Gasteiger partial charge in [-0.2, -0.15) is 13.2 Å². The van der Waals surface area contributed by atoms with Gasteiger partial charge in [-0.25, -0.2) is 0 Å². The van der Waals surface area contributed by atoms with Gasteiger partial charge in [0, 0.05) is 24.8 Å². The first kappa shape index (κ1) is 25.0. The van der Waals surface area contributed by atoms with Gasteiger partial charge in [0.25, 0.3) is 11.8 Å². The fourth-order valence-electron chi connectivity index (χ4n) is 3.89. The molecule has 0 aromatic heterocycles. The van der Waals surface area contributed by atoms with Crippen molar-refractivity contribution in [3.05, 3.63) is 23.8 Å². The first-order chi connectivity index (χ1) is 15.3. The molecule has 1 aliphatic heterocycles. The Labute approximate surface area is 190 Å². The Hall–Kier alpha value is -2.66. The third kappa shape index (κ3) is 6.23. The first-order valence-corrected chi connectivity index (χ1v) is 10.7. The number of carbonyl (C=O) groups excluding carboxylic acids is 3. The number of carbonyl (C=O) groups is 3. The van der Waals surface area contributed by atoms with Gasteiger partial charge in [0.05, 0.1) is 17.9 Å². The number of nitrogens with one attached hydrogen (secondary N) is 1. The fraction of sp³-hybridized carbons (Fsp3) is 0.591. The van der Waals surface area contributed by atoms with Crippen molar-refractivity contribution in [1.29, 1.82) is 0 Å². The Bertz CT molecular complexity index is 925. The highest BCUT2D eigenvalue weighted by atomic mass is 19.4. The van der Waals surface area contributed by atoms with Crippen molar-refractivity contribution in [2.24, 2.45) is 11.1 Å². The highest BCUT2D eigenvalue weighted by Gasteiger charge is 2.42. The third-order valence-corrected chi connectivity index (χ3v) is 5.37. The molecular formula is C22H29F3N4O4. The summed E-state index contributed by atoms with van der Waals surface area (Å²) in [6, 6.07) is 1.88. The summed E-state index contributed by atoms with van der Waals surface area (Å²) in [4.78, 5) is 40.0. The topological polar surface area (TPSA) is 105 Å². The second-order valence-electron chi connectivity index (χ2n) is 9.59. The molecule has 3 N–H and O–H groups in total. The molecule has 1 saturated carbocycles. The van der Waals surface area contributed by atoms with Gasteiger partial charge in [0.2, 0.25) is 5.91 Å². The van der Waals surface area contributed by atoms with E-state index in [0.29, 0.717) is 6.54 Å². The van der Waals surface area contributed by atoms with Gasteiger partial charge < -0.3 is 20.7 Å². The maximum Gasteiger partial charge on any atom is 0.418 e. The summed E-state index contributed by atoms with van der Waals surface area (Å²) in [5, 5.41) is 2.42. The molecule has 1 aromatic rings. The molecule has 2 aliphatic rings. The van der Waals surface area contributed by atoms with Crippen LogP contribution < -0.4 is 16.0 Å². The van der Waals surface area contributed by atoms with E-state index in [2.05, 4.69) is 5.32 Å². The van der Waals surface area contributed by atoms with Gasteiger partial charge >= 0.3 is 6.18 Å². The number of amides is 3. The van der Waals surface area contributed by atoms with Gasteiger partial charge in [0.15, 0.2) is 6.04 Å². The number of halogens is 3. The van der Waals surface area contributed by atoms with Crippen molar-refractivity contribution < 1.29 is 32.3 Å². The minimum absolute atomic E-state index is 0.0134. The van der Waals surface area contributed by atoms with Crippen LogP contribution in [0.4, 0.5) is 24.5 Å². The normalized spacial score (nSPS) is 18.4. The molecule has 11 heteroatoms. The van der Waals surface area contributed by atoms with Crippen LogP contribution in [0.2, 0.25) is 0 Å². The van der Waals surface area contributed by atoms with Crippen molar-refractivity contribution >= 4 is 29.1 Å². The first-order valence-electron chi connectivity index (χ1n) is 10.7. The Balaban J connectivity index is 1.88. The van der Waals surface area contributed by atoms with E-state index >= 15 is 0 Å². The molecule has 0 radical (unpaired) electrons. The molecule has 1 aliphatic carbocycles. The minimum Gasteiger partial charge on any atom is -0.370 e. The van der Waals surface area contributed by atoms with E-state index < -0.39 is 35.5 Å². The summed E-state index contributed by atoms with van der Waals surface area (Å²) in [5.41, 5.74) is 3.78. The molecule has 0 spiro atoms. The second-order valence-corrected chi connectivity index (χ2v) is 9.59. The monoisotopic (exact) mass is 470 g/mol. The van der Waals surface area contributed by atoms with Crippen LogP contribution >= 0.6 is 0 Å². The third-order valence-electron chi connectivity index (χ3n) is 5.37. The Morgan fingerprint density at radius 1 is 1.27 bits per heavy atom. The van der Waals surface area contributed by atoms with Crippen molar-refractivity contribution in [2.45, 2.75) is 51.9 Å². The average Bonchev–Trinajstić information content (AvgIpc) is 3.51. The number of hydrogen-bond acceptors (Lipinski definition) is 5. The summed E-state index contributed by atoms with van der Waals surface area (Å²) >= 11 is 0. The van der Waals surface area contributed by atoms with Crippen LogP contribution in [0.5, 0.6) is 0 Å². The van der Waals surface area contributed by atoms with Crippen molar-refractivity contribution in [1.82, 2.24) is 4.90 Å². The number of anilines is 2. The number of hydrogen-bond donors (Lipinski definition) is 2. The lowest BCUT2D eigenvalue weighted by atomic mass is 9.94. The number of benzene rings is 1. The van der Waals surface area contributed by atoms with E-state index in [1.807, 2.05) is 20.8 Å². The van der Waals surface area contributed by atoms with Crippen LogP contribution in [0.3, 0.4) is 0 Å². The predicted octanol–water partition coefficient (Wildman–Crippen LogP) is 2.37. The Kier molecular flexibility index (Phi) is 7.04. The number of morpholine rings is 1. The fourth-order valence-corrected chi connectivity index (χ4v) is 3.89. The molecule has 182 valence electrons. The van der Waals surface area contributed by atoms with E-state index in [1.54, 1.807) is 4.90 Å². The van der Waals surface area contributed by atoms with Gasteiger partial charge in [-0.1, -0.05) is 20.8 Å². The molecule has 8 nitrogen and oxygen atoms in total. The Morgan fingerprint density at radius 3 is 2.45 bits per heavy atom. The van der Waals surface area contributed by atoms with Crippen LogP contribution in [0, 0.1) is 5.41 Å². The molecule has 0 unspecified atom stereocenters. The lowest BCUT2D eigenvalue weighted by Crippen LogP contribution is -2.55. The van der Waals surface area contributed by atoms with Crippen LogP contribution in [0.25, 0.3) is 0 Å². The molecular weight excluding hydrogens is 441 g/mol. The van der Waals surface area contributed by atoms with Gasteiger partial charge in [-0.15, -0.1) is 0 Å². The molecule has 0 bridgehead atoms. The number of nitrogens with zero attached hydrogens (tertiary/aromatic N) is 2. The maximum absolute atomic E-state index is 13.8. The summed E-state index contributed by atoms with van der Waals surface area (Å²) in [6.45, 7) is 6.09. The number of primary amides is 1. The zero-order valence-corrected chi connectivity index (χ0v) is 18.9. The van der Waals surface area contributed by atoms with E-state index in [0.717, 1.165) is 29.9 Å². The highest BCUT2D eigenvalue weighted by molar-refractivity contribution is 6.09. The molecule has 1 atom stereocenters. The van der Waals surface area contributed by atoms with E-state index in [1.165, 1.54) is 6.07 Å². The van der Waals surface area contributed by atoms with Gasteiger partial charge in [-0.3, -0.25) is 19.3 Å². The second kappa shape index (κ2) is 9.30. The number of ether oxygens (including phenoxy) is 1. The van der Waals surface area contributed by atoms with Crippen molar-refractivity contribution in [3.8, 4) is 0 Å². The number of nitrogens with two attached hydrogens (primary N) is 1. The smallest absolute Gasteiger partial charge is 0.370 e. The van der Waals surface area contributed by atoms with Crippen LogP contribution in [-0.2, 0) is 25.3 Å². The summed E-state index contributed by atoms with van der Waals surface area (Å²) < 4.78 is 46.4. The highest BCUT2D eigenvalue weighted by Crippen LogP contribution is 2.39. The number of alkyl halides is 3. The standard InChI is InChI=1S/C22H29F3N4O4/c1-21(2,3)12-29(14-5-6-14)18(19(26)31)20(32)27-13-4-7-16(15(10-13)22(23,24)25)28-8-9-33-11-17(28)30/h4,7,10,14,18H,5-6,8-9,11-12H2,1-3H3,(H2,26,31)(H,27,32)/t18-/m1/s1. The quantitative estimate of drug-likeness (QED) is 0.596. The van der Waals surface area contributed by atoms with Crippen LogP contribution in [0.1, 0.15) is 39.2 Å². The van der Waals surface area contributed by atoms with Crippen molar-refractivity contribution in [2.75, 3.05) is 36.5 Å². The molecule has 33 heavy (non-hydrogen) atoms. The van der Waals surface area contributed by atoms with E-state index in [9.17, 15) is 27.6 Å².